The van der Waals surface area contributed by atoms with Crippen molar-refractivity contribution >= 4 is 36.3 Å². The van der Waals surface area contributed by atoms with Gasteiger partial charge in [0.15, 0.2) is 0 Å². The molecule has 2 aromatic rings. The number of benzene rings is 2. The Kier molecular flexibility index (Phi) is 9.03. The van der Waals surface area contributed by atoms with Crippen molar-refractivity contribution in [2.45, 2.75) is 30.2 Å². The summed E-state index contributed by atoms with van der Waals surface area (Å²) >= 11 is 5.70. The van der Waals surface area contributed by atoms with Crippen LogP contribution in [-0.2, 0) is 4.79 Å². The Balaban J connectivity index is 2.28. The first-order chi connectivity index (χ1) is 13.9. The normalized spacial score (nSPS) is 14.1. The number of carboxylic acid groups (broad SMARTS) is 1. The van der Waals surface area contributed by atoms with Crippen molar-refractivity contribution in [1.29, 1.82) is 0 Å². The van der Waals surface area contributed by atoms with Gasteiger partial charge < -0.3 is 10.8 Å². The molecule has 8 heteroatoms. The summed E-state index contributed by atoms with van der Waals surface area (Å²) < 4.78 is 0. The van der Waals surface area contributed by atoms with Crippen molar-refractivity contribution in [3.05, 3.63) is 60.2 Å². The molecule has 1 amide bonds. The van der Waals surface area contributed by atoms with Crippen LogP contribution in [0.5, 0.6) is 0 Å². The Morgan fingerprint density at radius 2 is 1.72 bits per heavy atom. The summed E-state index contributed by atoms with van der Waals surface area (Å²) in [4.78, 5) is 25.0. The monoisotopic (exact) mass is 433 g/mol. The molecule has 29 heavy (non-hydrogen) atoms. The maximum absolute atomic E-state index is 13.1. The number of carboxylic acids is 1. The molecular weight excluding hydrogens is 406 g/mol. The van der Waals surface area contributed by atoms with Crippen LogP contribution in [0.25, 0.3) is 11.1 Å². The summed E-state index contributed by atoms with van der Waals surface area (Å²) in [5, 5.41) is 10.5. The van der Waals surface area contributed by atoms with E-state index >= 15 is 0 Å². The summed E-state index contributed by atoms with van der Waals surface area (Å²) in [7, 11) is 0. The van der Waals surface area contributed by atoms with Crippen LogP contribution < -0.4 is 11.6 Å². The number of carbonyl (C=O) groups is 2. The van der Waals surface area contributed by atoms with Crippen LogP contribution in [0.3, 0.4) is 0 Å². The van der Waals surface area contributed by atoms with Gasteiger partial charge in [-0.15, -0.1) is 0 Å². The minimum atomic E-state index is -1.16. The molecule has 0 bridgehead atoms. The largest absolute Gasteiger partial charge is 0.480 e. The summed E-state index contributed by atoms with van der Waals surface area (Å²) in [6, 6.07) is 15.2. The van der Waals surface area contributed by atoms with Gasteiger partial charge in [-0.05, 0) is 36.3 Å². The van der Waals surface area contributed by atoms with E-state index in [0.717, 1.165) is 10.6 Å². The van der Waals surface area contributed by atoms with E-state index in [9.17, 15) is 14.7 Å². The molecule has 156 valence electrons. The molecule has 0 aliphatic heterocycles. The van der Waals surface area contributed by atoms with E-state index in [1.807, 2.05) is 48.7 Å². The fraction of sp³-hybridized carbons (Fsp3) is 0.333. The zero-order valence-corrected chi connectivity index (χ0v) is 18.0. The predicted molar refractivity (Wildman–Crippen MR) is 122 cm³/mol. The van der Waals surface area contributed by atoms with Gasteiger partial charge in [0.2, 0.25) is 0 Å². The first kappa shape index (κ1) is 23.3. The van der Waals surface area contributed by atoms with Gasteiger partial charge in [0.1, 0.15) is 6.04 Å². The van der Waals surface area contributed by atoms with E-state index < -0.39 is 17.9 Å². The van der Waals surface area contributed by atoms with Crippen LogP contribution in [0.1, 0.15) is 23.2 Å². The first-order valence-corrected chi connectivity index (χ1v) is 11.2. The van der Waals surface area contributed by atoms with Gasteiger partial charge in [-0.2, -0.15) is 24.4 Å². The molecule has 0 saturated heterocycles. The lowest BCUT2D eigenvalue weighted by Crippen LogP contribution is -2.51. The molecule has 0 aliphatic rings. The van der Waals surface area contributed by atoms with Gasteiger partial charge in [0.05, 0.1) is 0 Å². The topological polar surface area (TPSA) is 110 Å². The third-order valence-electron chi connectivity index (χ3n) is 4.72. The zero-order chi connectivity index (χ0) is 21.4. The van der Waals surface area contributed by atoms with E-state index in [-0.39, 0.29) is 17.7 Å². The Morgan fingerprint density at radius 3 is 2.31 bits per heavy atom. The molecule has 2 aromatic carbocycles. The molecule has 1 unspecified atom stereocenters. The second-order valence-corrected chi connectivity index (χ2v) is 8.25. The van der Waals surface area contributed by atoms with Gasteiger partial charge >= 0.3 is 5.97 Å². The maximum Gasteiger partial charge on any atom is 0.328 e. The molecule has 0 fully saturated rings. The van der Waals surface area contributed by atoms with E-state index in [1.165, 1.54) is 11.8 Å². The van der Waals surface area contributed by atoms with Crippen LogP contribution in [-0.4, -0.2) is 51.3 Å². The van der Waals surface area contributed by atoms with Gasteiger partial charge in [-0.1, -0.05) is 48.5 Å². The van der Waals surface area contributed by atoms with Gasteiger partial charge in [0.25, 0.3) is 5.91 Å². The lowest BCUT2D eigenvalue weighted by molar-refractivity contribution is -0.142. The molecule has 3 atom stereocenters. The summed E-state index contributed by atoms with van der Waals surface area (Å²) in [6.45, 7) is 0. The highest BCUT2D eigenvalue weighted by atomic mass is 32.2. The number of aliphatic carboxylic acids is 1. The number of hydrogen-bond donors (Lipinski definition) is 4. The third-order valence-corrected chi connectivity index (χ3v) is 6.24. The molecule has 2 rings (SSSR count). The predicted octanol–water partition coefficient (Wildman–Crippen LogP) is 2.89. The van der Waals surface area contributed by atoms with Crippen LogP contribution in [0.2, 0.25) is 0 Å². The Bertz CT molecular complexity index is 820. The summed E-state index contributed by atoms with van der Waals surface area (Å²) in [6.07, 6.45) is 2.69. The number of nitrogens with two attached hydrogens (primary N) is 2. The molecule has 0 spiro atoms. The number of hydrazine groups is 1. The molecule has 5 N–H and O–H groups in total. The zero-order valence-electron chi connectivity index (χ0n) is 16.3. The lowest BCUT2D eigenvalue weighted by Gasteiger charge is -2.28. The molecule has 0 heterocycles. The SMILES string of the molecule is CSC(C[C@@H](N)CS)C[C@@H](C(=O)O)N(N)C(=O)c1ccccc1-c1ccccc1. The van der Waals surface area contributed by atoms with Crippen molar-refractivity contribution in [2.75, 3.05) is 12.0 Å². The van der Waals surface area contributed by atoms with E-state index in [1.54, 1.807) is 12.1 Å². The fourth-order valence-electron chi connectivity index (χ4n) is 3.10. The number of amides is 1. The molecule has 6 nitrogen and oxygen atoms in total. The van der Waals surface area contributed by atoms with Crippen molar-refractivity contribution in [3.8, 4) is 11.1 Å². The van der Waals surface area contributed by atoms with Crippen molar-refractivity contribution in [1.82, 2.24) is 5.01 Å². The number of hydrogen-bond acceptors (Lipinski definition) is 6. The molecule has 0 aliphatic carbocycles. The average molecular weight is 434 g/mol. The lowest BCUT2D eigenvalue weighted by atomic mass is 9.98. The number of thioether (sulfide) groups is 1. The Hall–Kier alpha value is -2.00. The smallest absolute Gasteiger partial charge is 0.328 e. The quantitative estimate of drug-likeness (QED) is 0.199. The number of carbonyl (C=O) groups excluding carboxylic acids is 1. The highest BCUT2D eigenvalue weighted by Gasteiger charge is 2.32. The minimum Gasteiger partial charge on any atom is -0.480 e. The number of nitrogens with zero attached hydrogens (tertiary/aromatic N) is 1. The molecular formula is C21H27N3O3S2. The highest BCUT2D eigenvalue weighted by Crippen LogP contribution is 2.26. The van der Waals surface area contributed by atoms with Crippen molar-refractivity contribution < 1.29 is 14.7 Å². The number of rotatable bonds is 10. The second-order valence-electron chi connectivity index (χ2n) is 6.75. The Labute approximate surface area is 181 Å². The minimum absolute atomic E-state index is 0.0542. The third kappa shape index (κ3) is 6.24. The van der Waals surface area contributed by atoms with E-state index in [0.29, 0.717) is 23.3 Å². The van der Waals surface area contributed by atoms with Crippen LogP contribution in [0.4, 0.5) is 0 Å². The fourth-order valence-corrected chi connectivity index (χ4v) is 4.07. The van der Waals surface area contributed by atoms with Crippen LogP contribution in [0, 0.1) is 0 Å². The van der Waals surface area contributed by atoms with Gasteiger partial charge in [-0.25, -0.2) is 10.6 Å². The number of thiol groups is 1. The molecule has 0 aromatic heterocycles. The maximum atomic E-state index is 13.1. The molecule has 0 saturated carbocycles. The molecule has 0 radical (unpaired) electrons. The highest BCUT2D eigenvalue weighted by molar-refractivity contribution is 7.99. The standard InChI is InChI=1S/C21H27N3O3S2/c1-29-16(11-15(22)13-28)12-19(21(26)27)24(23)20(25)18-10-6-5-9-17(18)14-7-3-2-4-8-14/h2-10,15-16,19,28H,11-13,22-23H2,1H3,(H,26,27)/t15-,16?,19+/m1/s1. The summed E-state index contributed by atoms with van der Waals surface area (Å²) in [5.41, 5.74) is 7.89. The van der Waals surface area contributed by atoms with Crippen molar-refractivity contribution in [3.63, 3.8) is 0 Å². The van der Waals surface area contributed by atoms with E-state index in [2.05, 4.69) is 12.6 Å². The van der Waals surface area contributed by atoms with Gasteiger partial charge in [0, 0.05) is 22.6 Å². The Morgan fingerprint density at radius 1 is 1.10 bits per heavy atom. The van der Waals surface area contributed by atoms with Crippen molar-refractivity contribution in [2.24, 2.45) is 11.6 Å². The van der Waals surface area contributed by atoms with E-state index in [4.69, 9.17) is 11.6 Å². The van der Waals surface area contributed by atoms with Crippen LogP contribution in [0.15, 0.2) is 54.6 Å². The average Bonchev–Trinajstić information content (AvgIpc) is 2.75. The first-order valence-electron chi connectivity index (χ1n) is 9.23. The second kappa shape index (κ2) is 11.3. The van der Waals surface area contributed by atoms with Crippen LogP contribution >= 0.6 is 24.4 Å². The van der Waals surface area contributed by atoms with Gasteiger partial charge in [-0.3, -0.25) is 9.80 Å². The summed E-state index contributed by atoms with van der Waals surface area (Å²) in [5.74, 6) is 4.89.